The van der Waals surface area contributed by atoms with Crippen molar-refractivity contribution in [1.82, 2.24) is 0 Å². The zero-order valence-corrected chi connectivity index (χ0v) is 23.8. The Morgan fingerprint density at radius 3 is 1.88 bits per heavy atom. The van der Waals surface area contributed by atoms with E-state index in [1.165, 1.54) is 46.6 Å². The minimum Gasteiger partial charge on any atom is -0.493 e. The first kappa shape index (κ1) is 28.6. The Morgan fingerprint density at radius 1 is 0.844 bits per heavy atom. The van der Waals surface area contributed by atoms with Crippen molar-refractivity contribution >= 4 is 24.7 Å². The summed E-state index contributed by atoms with van der Waals surface area (Å²) in [5.41, 5.74) is 0.596. The molecular weight excluding hydrogens is 461 g/mol. The third-order valence-electron chi connectivity index (χ3n) is 4.49. The van der Waals surface area contributed by atoms with Crippen LogP contribution in [0.25, 0.3) is 11.0 Å². The average Bonchev–Trinajstić information content (AvgIpc) is 3.08. The maximum absolute atomic E-state index is 13.4. The van der Waals surface area contributed by atoms with Gasteiger partial charge in [0.25, 0.3) is 0 Å². The summed E-state index contributed by atoms with van der Waals surface area (Å²) in [5.74, 6) is 0.917. The Bertz CT molecular complexity index is 1170. The van der Waals surface area contributed by atoms with Gasteiger partial charge in [-0.2, -0.15) is 9.13 Å². The third-order valence-corrected chi connectivity index (χ3v) is 4.82. The molecule has 0 bridgehead atoms. The summed E-state index contributed by atoms with van der Waals surface area (Å²) in [6, 6.07) is 6.15. The van der Waals surface area contributed by atoms with Gasteiger partial charge in [-0.05, 0) is 31.2 Å². The number of aryl methyl sites for hydroxylation is 1. The van der Waals surface area contributed by atoms with Crippen molar-refractivity contribution in [3.63, 3.8) is 0 Å². The standard InChI is InChI=1S/C20H19O9P.2Na/c1-10-16(12-6-7-13(24-2)20(18(12)28-10)29-30(22)23)17(21)11-8-14(25-3)19(27-5)15(9-11)26-4;;/h6-9H,1-5H3;;/q;2*+1. The van der Waals surface area contributed by atoms with Crippen LogP contribution in [-0.4, -0.2) is 34.2 Å². The molecule has 2 aromatic carbocycles. The first-order valence-corrected chi connectivity index (χ1v) is 9.72. The maximum atomic E-state index is 13.4. The molecule has 0 spiro atoms. The number of carbonyl (C=O) groups excluding carboxylic acids is 1. The van der Waals surface area contributed by atoms with E-state index in [1.54, 1.807) is 13.0 Å². The number of ketones is 1. The van der Waals surface area contributed by atoms with Crippen molar-refractivity contribution in [2.75, 3.05) is 28.4 Å². The molecule has 3 rings (SSSR count). The fraction of sp³-hybridized carbons (Fsp3) is 0.250. The molecule has 158 valence electrons. The van der Waals surface area contributed by atoms with Gasteiger partial charge in [-0.3, -0.25) is 4.79 Å². The topological polar surface area (TPSA) is 111 Å². The molecule has 0 aliphatic carbocycles. The zero-order chi connectivity index (χ0) is 22.0. The molecule has 9 nitrogen and oxygen atoms in total. The molecule has 0 unspecified atom stereocenters. The van der Waals surface area contributed by atoms with Crippen LogP contribution < -0.4 is 82.6 Å². The summed E-state index contributed by atoms with van der Waals surface area (Å²) in [6.07, 6.45) is 0. The van der Waals surface area contributed by atoms with Crippen LogP contribution in [0.1, 0.15) is 21.7 Å². The second kappa shape index (κ2) is 12.1. The number of carbonyl (C=O) groups is 1. The van der Waals surface area contributed by atoms with E-state index in [-0.39, 0.29) is 98.9 Å². The van der Waals surface area contributed by atoms with E-state index < -0.39 is 7.91 Å². The fourth-order valence-corrected chi connectivity index (χ4v) is 3.52. The Balaban J connectivity index is 0.00000256. The molecule has 32 heavy (non-hydrogen) atoms. The molecule has 1 heterocycles. The summed E-state index contributed by atoms with van der Waals surface area (Å²) in [6.45, 7) is 1.60. The van der Waals surface area contributed by atoms with Gasteiger partial charge in [-0.1, -0.05) is 0 Å². The number of methoxy groups -OCH3 is 4. The molecule has 0 atom stereocenters. The fourth-order valence-electron chi connectivity index (χ4n) is 3.20. The van der Waals surface area contributed by atoms with Gasteiger partial charge in [0.15, 0.2) is 28.6 Å². The summed E-state index contributed by atoms with van der Waals surface area (Å²) in [5, 5.41) is 0.374. The quantitative estimate of drug-likeness (QED) is 0.216. The smallest absolute Gasteiger partial charge is 0.493 e. The third kappa shape index (κ3) is 5.37. The van der Waals surface area contributed by atoms with E-state index in [0.717, 1.165) is 0 Å². The van der Waals surface area contributed by atoms with Gasteiger partial charge < -0.3 is 27.9 Å². The first-order valence-electron chi connectivity index (χ1n) is 8.63. The predicted octanol–water partition coefficient (Wildman–Crippen LogP) is -1.52. The maximum Gasteiger partial charge on any atom is 1.00 e. The zero-order valence-electron chi connectivity index (χ0n) is 18.9. The summed E-state index contributed by atoms with van der Waals surface area (Å²) in [7, 11) is 2.50. The Labute approximate surface area is 229 Å². The second-order valence-electron chi connectivity index (χ2n) is 6.06. The average molecular weight is 480 g/mol. The summed E-state index contributed by atoms with van der Waals surface area (Å²) in [4.78, 5) is 13.4. The molecule has 0 fully saturated rings. The second-order valence-corrected chi connectivity index (χ2v) is 6.69. The van der Waals surface area contributed by atoms with Gasteiger partial charge in [-0.25, -0.2) is 0 Å². The van der Waals surface area contributed by atoms with Crippen molar-refractivity contribution in [2.24, 2.45) is 0 Å². The molecule has 0 amide bonds. The Morgan fingerprint density at radius 2 is 1.41 bits per heavy atom. The van der Waals surface area contributed by atoms with E-state index in [0.29, 0.717) is 22.6 Å². The Hall–Kier alpha value is -1.45. The van der Waals surface area contributed by atoms with E-state index >= 15 is 0 Å². The van der Waals surface area contributed by atoms with E-state index in [9.17, 15) is 13.9 Å². The van der Waals surface area contributed by atoms with Crippen molar-refractivity contribution in [3.05, 3.63) is 41.2 Å². The number of ether oxygens (including phenoxy) is 4. The van der Waals surface area contributed by atoms with Crippen LogP contribution in [-0.2, 0) is 9.13 Å². The number of hydrogen-bond acceptors (Lipinski definition) is 9. The summed E-state index contributed by atoms with van der Waals surface area (Å²) >= 11 is 0. The molecule has 0 saturated heterocycles. The summed E-state index contributed by atoms with van der Waals surface area (Å²) < 4.78 is 53.9. The van der Waals surface area contributed by atoms with Crippen LogP contribution in [0.3, 0.4) is 0 Å². The molecule has 0 N–H and O–H groups in total. The molecule has 12 heteroatoms. The molecule has 1 aromatic heterocycles. The minimum atomic E-state index is -3.22. The van der Waals surface area contributed by atoms with Gasteiger partial charge in [0.1, 0.15) is 5.76 Å². The van der Waals surface area contributed by atoms with Crippen LogP contribution in [0.4, 0.5) is 0 Å². The molecular formula is C20H19Na2O9P+2. The number of fused-ring (bicyclic) bond motifs is 1. The molecule has 3 aromatic rings. The van der Waals surface area contributed by atoms with Gasteiger partial charge in [0.05, 0.1) is 34.0 Å². The Kier molecular flexibility index (Phi) is 10.8. The van der Waals surface area contributed by atoms with Crippen molar-refractivity contribution in [1.29, 1.82) is 0 Å². The van der Waals surface area contributed by atoms with E-state index in [4.69, 9.17) is 27.9 Å². The first-order chi connectivity index (χ1) is 14.4. The van der Waals surface area contributed by atoms with E-state index in [2.05, 4.69) is 0 Å². The van der Waals surface area contributed by atoms with Crippen molar-refractivity contribution in [2.45, 2.75) is 6.92 Å². The molecule has 0 saturated carbocycles. The molecule has 0 radical (unpaired) electrons. The predicted molar refractivity (Wildman–Crippen MR) is 106 cm³/mol. The van der Waals surface area contributed by atoms with Crippen molar-refractivity contribution in [3.8, 4) is 28.7 Å². The van der Waals surface area contributed by atoms with Gasteiger partial charge >= 0.3 is 67.0 Å². The number of hydrogen-bond donors (Lipinski definition) is 0. The molecule has 0 aliphatic heterocycles. The number of furan rings is 1. The SMILES string of the molecule is COc1cc(C(=O)c2c(C)oc3c(OP(=O)=O)c(OC)ccc23)cc(OC)c1OC.[Na+].[Na+]. The van der Waals surface area contributed by atoms with E-state index in [1.807, 2.05) is 0 Å². The minimum absolute atomic E-state index is 0. The van der Waals surface area contributed by atoms with Crippen LogP contribution >= 0.6 is 7.91 Å². The van der Waals surface area contributed by atoms with Crippen LogP contribution in [0.5, 0.6) is 28.7 Å². The number of rotatable bonds is 8. The van der Waals surface area contributed by atoms with Gasteiger partial charge in [0.2, 0.25) is 11.5 Å². The normalized spacial score (nSPS) is 9.91. The van der Waals surface area contributed by atoms with Gasteiger partial charge in [-0.15, -0.1) is 0 Å². The largest absolute Gasteiger partial charge is 1.00 e. The monoisotopic (exact) mass is 480 g/mol. The van der Waals surface area contributed by atoms with Crippen LogP contribution in [0.15, 0.2) is 28.7 Å². The number of benzene rings is 2. The van der Waals surface area contributed by atoms with Gasteiger partial charge in [0, 0.05) is 10.9 Å². The van der Waals surface area contributed by atoms with Crippen LogP contribution in [0.2, 0.25) is 0 Å². The van der Waals surface area contributed by atoms with Crippen LogP contribution in [0, 0.1) is 6.92 Å². The molecule has 0 aliphatic rings. The van der Waals surface area contributed by atoms with Crippen molar-refractivity contribution < 1.29 is 101 Å².